The van der Waals surface area contributed by atoms with Crippen molar-refractivity contribution in [1.29, 1.82) is 0 Å². The molecule has 17 heavy (non-hydrogen) atoms. The zero-order chi connectivity index (χ0) is 12.3. The normalized spacial score (nSPS) is 17.6. The van der Waals surface area contributed by atoms with Crippen molar-refractivity contribution in [1.82, 2.24) is 4.90 Å². The van der Waals surface area contributed by atoms with Crippen LogP contribution >= 0.6 is 0 Å². The third-order valence-corrected chi connectivity index (χ3v) is 3.03. The van der Waals surface area contributed by atoms with E-state index < -0.39 is 0 Å². The summed E-state index contributed by atoms with van der Waals surface area (Å²) < 4.78 is 0. The van der Waals surface area contributed by atoms with E-state index in [0.717, 1.165) is 11.1 Å². The third-order valence-electron chi connectivity index (χ3n) is 3.03. The molecule has 1 aliphatic carbocycles. The molecule has 1 aliphatic rings. The van der Waals surface area contributed by atoms with E-state index in [1.165, 1.54) is 0 Å². The van der Waals surface area contributed by atoms with E-state index in [4.69, 9.17) is 12.8 Å². The van der Waals surface area contributed by atoms with Gasteiger partial charge in [0, 0.05) is 18.0 Å². The Morgan fingerprint density at radius 3 is 2.53 bits per heavy atom. The Morgan fingerprint density at radius 1 is 1.24 bits per heavy atom. The number of fused-ring (bicyclic) bond motifs is 1. The first-order valence-electron chi connectivity index (χ1n) is 5.51. The molecule has 0 aliphatic heterocycles. The molecular formula is C15H13NO. The van der Waals surface area contributed by atoms with Gasteiger partial charge < -0.3 is 0 Å². The molecule has 1 aromatic rings. The molecule has 0 fully saturated rings. The van der Waals surface area contributed by atoms with Crippen molar-refractivity contribution in [3.63, 3.8) is 0 Å². The first-order chi connectivity index (χ1) is 8.27. The molecule has 0 heterocycles. The summed E-state index contributed by atoms with van der Waals surface area (Å²) in [6.45, 7) is 0.937. The summed E-state index contributed by atoms with van der Waals surface area (Å²) >= 11 is 0. The Labute approximate surface area is 102 Å². The molecule has 0 spiro atoms. The zero-order valence-electron chi connectivity index (χ0n) is 9.52. The number of rotatable bonds is 3. The average Bonchev–Trinajstić information content (AvgIpc) is 2.67. The second kappa shape index (κ2) is 4.87. The van der Waals surface area contributed by atoms with Crippen LogP contribution in [0, 0.1) is 24.7 Å². The number of hydrogen-bond acceptors (Lipinski definition) is 2. The van der Waals surface area contributed by atoms with Crippen LogP contribution in [0.25, 0.3) is 0 Å². The van der Waals surface area contributed by atoms with Crippen molar-refractivity contribution in [3.05, 3.63) is 35.4 Å². The van der Waals surface area contributed by atoms with Crippen LogP contribution in [0.1, 0.15) is 28.4 Å². The van der Waals surface area contributed by atoms with Gasteiger partial charge in [-0.3, -0.25) is 9.69 Å². The van der Waals surface area contributed by atoms with Crippen LogP contribution in [-0.4, -0.2) is 23.8 Å². The Morgan fingerprint density at radius 2 is 1.88 bits per heavy atom. The molecule has 84 valence electrons. The predicted molar refractivity (Wildman–Crippen MR) is 67.4 cm³/mol. The molecule has 2 heteroatoms. The second-order valence-electron chi connectivity index (χ2n) is 4.04. The third kappa shape index (κ3) is 2.09. The van der Waals surface area contributed by atoms with Gasteiger partial charge in [0.1, 0.15) is 0 Å². The lowest BCUT2D eigenvalue weighted by atomic mass is 10.1. The Hall–Kier alpha value is -2.03. The fourth-order valence-electron chi connectivity index (χ4n) is 2.27. The fourth-order valence-corrected chi connectivity index (χ4v) is 2.27. The highest BCUT2D eigenvalue weighted by Gasteiger charge is 2.32. The summed E-state index contributed by atoms with van der Waals surface area (Å²) in [6, 6.07) is 7.69. The van der Waals surface area contributed by atoms with Crippen LogP contribution in [0.4, 0.5) is 0 Å². The van der Waals surface area contributed by atoms with Crippen LogP contribution in [0.5, 0.6) is 0 Å². The molecule has 0 bridgehead atoms. The molecule has 1 atom stereocenters. The van der Waals surface area contributed by atoms with Crippen molar-refractivity contribution < 1.29 is 4.79 Å². The molecule has 2 rings (SSSR count). The quantitative estimate of drug-likeness (QED) is 0.729. The van der Waals surface area contributed by atoms with Crippen LogP contribution < -0.4 is 0 Å². The number of carbonyl (C=O) groups is 1. The lowest BCUT2D eigenvalue weighted by Crippen LogP contribution is -2.28. The lowest BCUT2D eigenvalue weighted by molar-refractivity contribution is 0.0964. The number of Topliss-reactive ketones (excluding diaryl/α,β-unsaturated/α-hetero) is 1. The summed E-state index contributed by atoms with van der Waals surface area (Å²) in [7, 11) is 0. The smallest absolute Gasteiger partial charge is 0.165 e. The topological polar surface area (TPSA) is 20.3 Å². The molecule has 1 unspecified atom stereocenters. The van der Waals surface area contributed by atoms with Gasteiger partial charge >= 0.3 is 0 Å². The minimum absolute atomic E-state index is 0.0331. The van der Waals surface area contributed by atoms with Crippen LogP contribution in [0.2, 0.25) is 0 Å². The van der Waals surface area contributed by atoms with Gasteiger partial charge in [-0.05, 0) is 5.56 Å². The zero-order valence-corrected chi connectivity index (χ0v) is 9.52. The number of nitrogens with zero attached hydrogens (tertiary/aromatic N) is 1. The van der Waals surface area contributed by atoms with Gasteiger partial charge in [-0.25, -0.2) is 0 Å². The van der Waals surface area contributed by atoms with Crippen molar-refractivity contribution >= 4 is 5.78 Å². The number of hydrogen-bond donors (Lipinski definition) is 0. The Bertz CT molecular complexity index is 502. The molecule has 0 saturated heterocycles. The van der Waals surface area contributed by atoms with Gasteiger partial charge in [-0.2, -0.15) is 0 Å². The van der Waals surface area contributed by atoms with Gasteiger partial charge in [0.15, 0.2) is 5.78 Å². The summed E-state index contributed by atoms with van der Waals surface area (Å²) in [4.78, 5) is 13.8. The summed E-state index contributed by atoms with van der Waals surface area (Å²) in [5, 5.41) is 0. The second-order valence-corrected chi connectivity index (χ2v) is 4.04. The predicted octanol–water partition coefficient (Wildman–Crippen LogP) is 1.88. The van der Waals surface area contributed by atoms with Crippen molar-refractivity contribution in [2.24, 2.45) is 0 Å². The number of terminal acetylenes is 2. The largest absolute Gasteiger partial charge is 0.294 e. The highest BCUT2D eigenvalue weighted by molar-refractivity contribution is 6.01. The summed E-state index contributed by atoms with van der Waals surface area (Å²) in [6.07, 6.45) is 11.1. The van der Waals surface area contributed by atoms with Gasteiger partial charge in [0.2, 0.25) is 0 Å². The van der Waals surface area contributed by atoms with Crippen molar-refractivity contribution in [2.75, 3.05) is 13.1 Å². The van der Waals surface area contributed by atoms with E-state index in [9.17, 15) is 4.79 Å². The lowest BCUT2D eigenvalue weighted by Gasteiger charge is -2.24. The molecule has 0 aromatic heterocycles. The number of benzene rings is 1. The number of carbonyl (C=O) groups excluding carboxylic acids is 1. The van der Waals surface area contributed by atoms with Gasteiger partial charge in [0.05, 0.1) is 13.1 Å². The first-order valence-corrected chi connectivity index (χ1v) is 5.51. The maximum Gasteiger partial charge on any atom is 0.165 e. The average molecular weight is 223 g/mol. The van der Waals surface area contributed by atoms with E-state index in [2.05, 4.69) is 11.8 Å². The molecule has 0 radical (unpaired) electrons. The minimum Gasteiger partial charge on any atom is -0.294 e. The maximum atomic E-state index is 11.9. The van der Waals surface area contributed by atoms with E-state index >= 15 is 0 Å². The van der Waals surface area contributed by atoms with E-state index in [1.807, 2.05) is 29.2 Å². The molecule has 0 amide bonds. The summed E-state index contributed by atoms with van der Waals surface area (Å²) in [5.74, 6) is 5.36. The van der Waals surface area contributed by atoms with Gasteiger partial charge in [-0.1, -0.05) is 36.1 Å². The fraction of sp³-hybridized carbons (Fsp3) is 0.267. The molecule has 0 saturated carbocycles. The minimum atomic E-state index is 0.0331. The van der Waals surface area contributed by atoms with Gasteiger partial charge in [0.25, 0.3) is 0 Å². The Kier molecular flexibility index (Phi) is 3.28. The van der Waals surface area contributed by atoms with Crippen LogP contribution in [0.15, 0.2) is 24.3 Å². The summed E-state index contributed by atoms with van der Waals surface area (Å²) in [5.41, 5.74) is 1.85. The monoisotopic (exact) mass is 223 g/mol. The Balaban J connectivity index is 2.33. The van der Waals surface area contributed by atoms with Crippen molar-refractivity contribution in [3.8, 4) is 24.7 Å². The molecule has 1 aromatic carbocycles. The molecular weight excluding hydrogens is 210 g/mol. The highest BCUT2D eigenvalue weighted by atomic mass is 16.1. The van der Waals surface area contributed by atoms with Crippen LogP contribution in [-0.2, 0) is 0 Å². The number of ketones is 1. The molecule has 2 nitrogen and oxygen atoms in total. The highest BCUT2D eigenvalue weighted by Crippen LogP contribution is 2.35. The van der Waals surface area contributed by atoms with E-state index in [1.54, 1.807) is 0 Å². The standard InChI is InChI=1S/C15H13NO/c1-3-9-16(10-4-2)14-11-15(17)13-8-6-5-7-12(13)14/h1-2,5-8,14H,9-11H2. The molecule has 0 N–H and O–H groups in total. The van der Waals surface area contributed by atoms with Crippen LogP contribution in [0.3, 0.4) is 0 Å². The first kappa shape index (κ1) is 11.5. The maximum absolute atomic E-state index is 11.9. The van der Waals surface area contributed by atoms with Gasteiger partial charge in [-0.15, -0.1) is 12.8 Å². The van der Waals surface area contributed by atoms with Crippen molar-refractivity contribution in [2.45, 2.75) is 12.5 Å². The van der Waals surface area contributed by atoms with E-state index in [-0.39, 0.29) is 11.8 Å². The SMILES string of the molecule is C#CCN(CC#C)C1CC(=O)c2ccccc21. The van der Waals surface area contributed by atoms with E-state index in [0.29, 0.717) is 19.5 Å².